The molecule has 0 fully saturated rings. The number of nitriles is 1. The van der Waals surface area contributed by atoms with Crippen molar-refractivity contribution < 1.29 is 9.53 Å². The lowest BCUT2D eigenvalue weighted by molar-refractivity contribution is -0.136. The van der Waals surface area contributed by atoms with E-state index in [1.807, 2.05) is 18.8 Å². The molecule has 0 unspecified atom stereocenters. The van der Waals surface area contributed by atoms with Crippen LogP contribution in [0, 0.1) is 11.3 Å². The maximum atomic E-state index is 10.9. The van der Waals surface area contributed by atoms with Crippen molar-refractivity contribution >= 4 is 16.0 Å². The van der Waals surface area contributed by atoms with E-state index in [4.69, 9.17) is 10.00 Å². The van der Waals surface area contributed by atoms with Gasteiger partial charge in [0.1, 0.15) is 17.6 Å². The summed E-state index contributed by atoms with van der Waals surface area (Å²) in [6.45, 7) is 3.25. The van der Waals surface area contributed by atoms with Crippen molar-refractivity contribution in [1.82, 2.24) is 0 Å². The molecule has 0 bridgehead atoms. The first-order chi connectivity index (χ1) is 5.37. The van der Waals surface area contributed by atoms with E-state index in [-0.39, 0.29) is 5.57 Å². The van der Waals surface area contributed by atoms with Gasteiger partial charge in [-0.1, -0.05) is 6.58 Å². The molecule has 0 aromatic rings. The fraction of sp³-hybridized carbons (Fsp3) is 0.500. The second-order valence-corrected chi connectivity index (χ2v) is 7.65. The third kappa shape index (κ3) is 4.80. The Morgan fingerprint density at radius 2 is 2.08 bits per heavy atom. The predicted molar refractivity (Wildman–Crippen MR) is 51.1 cm³/mol. The van der Waals surface area contributed by atoms with Gasteiger partial charge in [0.25, 0.3) is 0 Å². The summed E-state index contributed by atoms with van der Waals surface area (Å²) in [6, 6.07) is 1.64. The lowest BCUT2D eigenvalue weighted by Crippen LogP contribution is -2.11. The number of rotatable bonds is 3. The van der Waals surface area contributed by atoms with Crippen LogP contribution in [0.15, 0.2) is 12.2 Å². The molecular formula is C8H13NO2S. The second kappa shape index (κ2) is 4.17. The SMILES string of the molecule is C=C(C#N)C(=O)OCS(C)(C)C. The van der Waals surface area contributed by atoms with Gasteiger partial charge in [-0.25, -0.2) is 14.8 Å². The van der Waals surface area contributed by atoms with E-state index < -0.39 is 16.0 Å². The van der Waals surface area contributed by atoms with Gasteiger partial charge in [-0.3, -0.25) is 0 Å². The van der Waals surface area contributed by atoms with Gasteiger partial charge in [-0.05, 0) is 18.8 Å². The zero-order valence-corrected chi connectivity index (χ0v) is 8.40. The van der Waals surface area contributed by atoms with Crippen molar-refractivity contribution in [2.75, 3.05) is 24.7 Å². The Kier molecular flexibility index (Phi) is 3.84. The van der Waals surface area contributed by atoms with Crippen LogP contribution >= 0.6 is 10.0 Å². The van der Waals surface area contributed by atoms with E-state index in [9.17, 15) is 4.79 Å². The second-order valence-electron chi connectivity index (χ2n) is 3.23. The molecule has 0 aliphatic heterocycles. The first-order valence-corrected chi connectivity index (χ1v) is 6.31. The van der Waals surface area contributed by atoms with Crippen LogP contribution in [0.1, 0.15) is 0 Å². The van der Waals surface area contributed by atoms with E-state index in [0.717, 1.165) is 0 Å². The van der Waals surface area contributed by atoms with Crippen molar-refractivity contribution in [1.29, 1.82) is 5.26 Å². The largest absolute Gasteiger partial charge is 0.452 e. The molecular weight excluding hydrogens is 174 g/mol. The van der Waals surface area contributed by atoms with E-state index in [1.165, 1.54) is 0 Å². The van der Waals surface area contributed by atoms with Crippen molar-refractivity contribution in [2.45, 2.75) is 0 Å². The molecule has 0 heterocycles. The van der Waals surface area contributed by atoms with Crippen LogP contribution in [0.5, 0.6) is 0 Å². The van der Waals surface area contributed by atoms with Gasteiger partial charge < -0.3 is 4.74 Å². The highest BCUT2D eigenvalue weighted by Crippen LogP contribution is 2.34. The third-order valence-electron chi connectivity index (χ3n) is 0.925. The van der Waals surface area contributed by atoms with Crippen molar-refractivity contribution in [3.8, 4) is 6.07 Å². The average Bonchev–Trinajstić information content (AvgIpc) is 1.97. The molecule has 3 nitrogen and oxygen atoms in total. The third-order valence-corrected chi connectivity index (χ3v) is 1.75. The van der Waals surface area contributed by atoms with Gasteiger partial charge in [-0.2, -0.15) is 5.26 Å². The molecule has 0 radical (unpaired) electrons. The van der Waals surface area contributed by atoms with Crippen LogP contribution in [0.2, 0.25) is 0 Å². The smallest absolute Gasteiger partial charge is 0.349 e. The van der Waals surface area contributed by atoms with Crippen LogP contribution in [-0.4, -0.2) is 30.7 Å². The molecule has 0 aromatic heterocycles. The molecule has 0 saturated carbocycles. The lowest BCUT2D eigenvalue weighted by Gasteiger charge is -2.23. The summed E-state index contributed by atoms with van der Waals surface area (Å²) in [6.07, 6.45) is 6.07. The molecule has 0 aliphatic carbocycles. The first kappa shape index (κ1) is 11.1. The minimum Gasteiger partial charge on any atom is -0.452 e. The number of carbonyl (C=O) groups excluding carboxylic acids is 1. The summed E-state index contributed by atoms with van der Waals surface area (Å²) in [5, 5.41) is 8.29. The number of hydrogen-bond acceptors (Lipinski definition) is 3. The maximum absolute atomic E-state index is 10.9. The topological polar surface area (TPSA) is 50.1 Å². The Labute approximate surface area is 74.3 Å². The predicted octanol–water partition coefficient (Wildman–Crippen LogP) is 1.26. The zero-order chi connectivity index (χ0) is 9.78. The minimum atomic E-state index is -0.855. The summed E-state index contributed by atoms with van der Waals surface area (Å²) >= 11 is 0. The molecule has 0 aromatic carbocycles. The van der Waals surface area contributed by atoms with Crippen LogP contribution in [-0.2, 0) is 9.53 Å². The maximum Gasteiger partial charge on any atom is 0.349 e. The molecule has 0 N–H and O–H groups in total. The van der Waals surface area contributed by atoms with Gasteiger partial charge in [0.2, 0.25) is 0 Å². The number of nitrogens with zero attached hydrogens (tertiary/aromatic N) is 1. The molecule has 12 heavy (non-hydrogen) atoms. The summed E-state index contributed by atoms with van der Waals surface area (Å²) in [4.78, 5) is 10.9. The van der Waals surface area contributed by atoms with Crippen LogP contribution in [0.25, 0.3) is 0 Å². The Morgan fingerprint density at radius 1 is 1.58 bits per heavy atom. The molecule has 0 atom stereocenters. The van der Waals surface area contributed by atoms with Gasteiger partial charge in [-0.15, -0.1) is 0 Å². The number of esters is 1. The Balaban J connectivity index is 3.91. The van der Waals surface area contributed by atoms with Crippen molar-refractivity contribution in [3.63, 3.8) is 0 Å². The van der Waals surface area contributed by atoms with Crippen LogP contribution in [0.4, 0.5) is 0 Å². The van der Waals surface area contributed by atoms with E-state index >= 15 is 0 Å². The first-order valence-electron chi connectivity index (χ1n) is 3.29. The number of hydrogen-bond donors (Lipinski definition) is 0. The summed E-state index contributed by atoms with van der Waals surface area (Å²) in [5.41, 5.74) is -0.140. The van der Waals surface area contributed by atoms with E-state index in [1.54, 1.807) is 6.07 Å². The van der Waals surface area contributed by atoms with Crippen LogP contribution in [0.3, 0.4) is 0 Å². The lowest BCUT2D eigenvalue weighted by atomic mass is 10.3. The molecule has 0 amide bonds. The Morgan fingerprint density at radius 3 is 2.42 bits per heavy atom. The molecule has 0 aliphatic rings. The van der Waals surface area contributed by atoms with E-state index in [0.29, 0.717) is 5.94 Å². The van der Waals surface area contributed by atoms with Crippen molar-refractivity contribution in [2.24, 2.45) is 0 Å². The number of ether oxygens (including phenoxy) is 1. The molecule has 0 rings (SSSR count). The molecule has 0 spiro atoms. The Hall–Kier alpha value is -0.950. The van der Waals surface area contributed by atoms with Crippen molar-refractivity contribution in [3.05, 3.63) is 12.2 Å². The Bertz CT molecular complexity index is 234. The van der Waals surface area contributed by atoms with Crippen LogP contribution < -0.4 is 0 Å². The minimum absolute atomic E-state index is 0.140. The van der Waals surface area contributed by atoms with E-state index in [2.05, 4.69) is 6.58 Å². The highest BCUT2D eigenvalue weighted by atomic mass is 32.3. The summed E-state index contributed by atoms with van der Waals surface area (Å²) in [7, 11) is -0.855. The number of carbonyl (C=O) groups is 1. The zero-order valence-electron chi connectivity index (χ0n) is 7.59. The monoisotopic (exact) mass is 187 g/mol. The fourth-order valence-corrected chi connectivity index (χ4v) is 0.824. The summed E-state index contributed by atoms with van der Waals surface area (Å²) < 4.78 is 4.84. The fourth-order valence-electron chi connectivity index (χ4n) is 0.363. The molecule has 4 heteroatoms. The highest BCUT2D eigenvalue weighted by Gasteiger charge is 2.11. The molecule has 0 saturated heterocycles. The quantitative estimate of drug-likeness (QED) is 0.379. The van der Waals surface area contributed by atoms with Gasteiger partial charge >= 0.3 is 5.97 Å². The highest BCUT2D eigenvalue weighted by molar-refractivity contribution is 8.32. The van der Waals surface area contributed by atoms with Gasteiger partial charge in [0.05, 0.1) is 0 Å². The average molecular weight is 187 g/mol. The van der Waals surface area contributed by atoms with Gasteiger partial charge in [0, 0.05) is 0 Å². The normalized spacial score (nSPS) is 11.5. The summed E-state index contributed by atoms with van der Waals surface area (Å²) in [5.74, 6) is -0.230. The molecule has 68 valence electrons. The standard InChI is InChI=1S/C8H13NO2S/c1-7(5-9)8(10)11-6-12(2,3)4/h1,6H2,2-4H3. The van der Waals surface area contributed by atoms with Gasteiger partial charge in [0.15, 0.2) is 0 Å².